The zero-order valence-corrected chi connectivity index (χ0v) is 17.7. The van der Waals surface area contributed by atoms with Crippen molar-refractivity contribution in [1.82, 2.24) is 0 Å². The summed E-state index contributed by atoms with van der Waals surface area (Å²) in [7, 11) is 1.46. The number of methoxy groups -OCH3 is 1. The van der Waals surface area contributed by atoms with Crippen molar-refractivity contribution in [3.63, 3.8) is 0 Å². The van der Waals surface area contributed by atoms with Gasteiger partial charge in [-0.25, -0.2) is 0 Å². The quantitative estimate of drug-likeness (QED) is 0.169. The molecule has 0 heterocycles. The molecule has 0 bridgehead atoms. The molecule has 3 heteroatoms. The second-order valence-electron chi connectivity index (χ2n) is 7.67. The topological polar surface area (TPSA) is 43.4 Å². The third-order valence-electron chi connectivity index (χ3n) is 5.09. The zero-order valence-electron chi connectivity index (χ0n) is 17.7. The van der Waals surface area contributed by atoms with Gasteiger partial charge in [-0.05, 0) is 19.3 Å². The molecule has 0 aromatic heterocycles. The highest BCUT2D eigenvalue weighted by molar-refractivity contribution is 5.78. The number of ketones is 1. The Morgan fingerprint density at radius 2 is 0.885 bits per heavy atom. The lowest BCUT2D eigenvalue weighted by molar-refractivity contribution is -0.140. The minimum absolute atomic E-state index is 0.0768. The molecule has 26 heavy (non-hydrogen) atoms. The molecule has 0 saturated heterocycles. The van der Waals surface area contributed by atoms with Crippen LogP contribution in [0.3, 0.4) is 0 Å². The van der Waals surface area contributed by atoms with Gasteiger partial charge in [0.05, 0.1) is 7.11 Å². The van der Waals surface area contributed by atoms with E-state index in [1.54, 1.807) is 0 Å². The SMILES string of the molecule is CCCC(=O)CCCCCCCCCCCCCCCCCC(=O)OC. The fourth-order valence-corrected chi connectivity index (χ4v) is 3.40. The largest absolute Gasteiger partial charge is 0.469 e. The zero-order chi connectivity index (χ0) is 19.3. The first-order chi connectivity index (χ1) is 12.7. The fourth-order valence-electron chi connectivity index (χ4n) is 3.40. The van der Waals surface area contributed by atoms with Gasteiger partial charge >= 0.3 is 5.97 Å². The summed E-state index contributed by atoms with van der Waals surface area (Å²) in [6.07, 6.45) is 22.4. The maximum Gasteiger partial charge on any atom is 0.305 e. The molecule has 0 aliphatic heterocycles. The first kappa shape index (κ1) is 25.1. The average molecular weight is 369 g/mol. The lowest BCUT2D eigenvalue weighted by atomic mass is 10.0. The summed E-state index contributed by atoms with van der Waals surface area (Å²) in [4.78, 5) is 22.4. The number of rotatable bonds is 20. The number of hydrogen-bond acceptors (Lipinski definition) is 3. The Morgan fingerprint density at radius 1 is 0.538 bits per heavy atom. The summed E-state index contributed by atoms with van der Waals surface area (Å²) in [6.45, 7) is 2.08. The highest BCUT2D eigenvalue weighted by Crippen LogP contribution is 2.14. The van der Waals surface area contributed by atoms with E-state index in [2.05, 4.69) is 11.7 Å². The first-order valence-electron chi connectivity index (χ1n) is 11.3. The second-order valence-corrected chi connectivity index (χ2v) is 7.67. The maximum atomic E-state index is 11.4. The van der Waals surface area contributed by atoms with Gasteiger partial charge in [-0.1, -0.05) is 90.4 Å². The van der Waals surface area contributed by atoms with Gasteiger partial charge in [0.1, 0.15) is 5.78 Å². The summed E-state index contributed by atoms with van der Waals surface area (Å²) >= 11 is 0. The normalized spacial score (nSPS) is 10.8. The van der Waals surface area contributed by atoms with E-state index in [-0.39, 0.29) is 5.97 Å². The van der Waals surface area contributed by atoms with E-state index in [4.69, 9.17) is 0 Å². The predicted octanol–water partition coefficient (Wildman–Crippen LogP) is 7.16. The van der Waals surface area contributed by atoms with Crippen LogP contribution in [-0.2, 0) is 14.3 Å². The van der Waals surface area contributed by atoms with Crippen molar-refractivity contribution in [1.29, 1.82) is 0 Å². The number of hydrogen-bond donors (Lipinski definition) is 0. The highest BCUT2D eigenvalue weighted by Gasteiger charge is 2.00. The van der Waals surface area contributed by atoms with Crippen molar-refractivity contribution in [2.24, 2.45) is 0 Å². The molecule has 0 radical (unpaired) electrons. The van der Waals surface area contributed by atoms with Crippen molar-refractivity contribution in [2.75, 3.05) is 7.11 Å². The van der Waals surface area contributed by atoms with Gasteiger partial charge in [0.2, 0.25) is 0 Å². The van der Waals surface area contributed by atoms with Crippen LogP contribution in [0.15, 0.2) is 0 Å². The molecule has 0 aliphatic rings. The number of Topliss-reactive ketones (excluding diaryl/α,β-unsaturated/α-hetero) is 1. The van der Waals surface area contributed by atoms with Gasteiger partial charge in [0.25, 0.3) is 0 Å². The number of carbonyl (C=O) groups excluding carboxylic acids is 2. The molecule has 0 N–H and O–H groups in total. The van der Waals surface area contributed by atoms with Crippen LogP contribution >= 0.6 is 0 Å². The molecule has 3 nitrogen and oxygen atoms in total. The van der Waals surface area contributed by atoms with E-state index in [0.29, 0.717) is 12.2 Å². The van der Waals surface area contributed by atoms with E-state index in [9.17, 15) is 9.59 Å². The molecule has 0 fully saturated rings. The predicted molar refractivity (Wildman–Crippen MR) is 110 cm³/mol. The standard InChI is InChI=1S/C23H44O3/c1-3-19-22(24)20-17-15-13-11-9-7-5-4-6-8-10-12-14-16-18-21-23(25)26-2/h3-21H2,1-2H3. The van der Waals surface area contributed by atoms with Gasteiger partial charge in [0, 0.05) is 19.3 Å². The molecule has 0 aliphatic carbocycles. The molecule has 154 valence electrons. The van der Waals surface area contributed by atoms with E-state index < -0.39 is 0 Å². The fraction of sp³-hybridized carbons (Fsp3) is 0.913. The Hall–Kier alpha value is -0.860. The minimum Gasteiger partial charge on any atom is -0.469 e. The summed E-state index contributed by atoms with van der Waals surface area (Å²) in [5.41, 5.74) is 0. The second kappa shape index (κ2) is 20.5. The smallest absolute Gasteiger partial charge is 0.305 e. The Bertz CT molecular complexity index is 325. The van der Waals surface area contributed by atoms with Crippen LogP contribution in [0, 0.1) is 0 Å². The number of unbranched alkanes of at least 4 members (excludes halogenated alkanes) is 14. The van der Waals surface area contributed by atoms with Gasteiger partial charge in [-0.2, -0.15) is 0 Å². The van der Waals surface area contributed by atoms with Crippen LogP contribution in [-0.4, -0.2) is 18.9 Å². The monoisotopic (exact) mass is 368 g/mol. The van der Waals surface area contributed by atoms with Gasteiger partial charge in [-0.3, -0.25) is 9.59 Å². The molecular formula is C23H44O3. The summed E-state index contributed by atoms with van der Waals surface area (Å²) < 4.78 is 4.64. The summed E-state index contributed by atoms with van der Waals surface area (Å²) in [6, 6.07) is 0. The Morgan fingerprint density at radius 3 is 1.23 bits per heavy atom. The highest BCUT2D eigenvalue weighted by atomic mass is 16.5. The van der Waals surface area contributed by atoms with Crippen LogP contribution in [0.2, 0.25) is 0 Å². The van der Waals surface area contributed by atoms with Crippen LogP contribution < -0.4 is 0 Å². The Kier molecular flexibility index (Phi) is 19.8. The summed E-state index contributed by atoms with van der Waals surface area (Å²) in [5, 5.41) is 0. The molecule has 0 aromatic carbocycles. The lowest BCUT2D eigenvalue weighted by Crippen LogP contribution is -1.99. The van der Waals surface area contributed by atoms with Gasteiger partial charge < -0.3 is 4.74 Å². The Labute approximate surface area is 162 Å². The third kappa shape index (κ3) is 19.5. The number of carbonyl (C=O) groups is 2. The molecule has 0 unspecified atom stereocenters. The van der Waals surface area contributed by atoms with Crippen molar-refractivity contribution in [3.05, 3.63) is 0 Å². The Balaban J connectivity index is 3.07. The average Bonchev–Trinajstić information content (AvgIpc) is 2.64. The van der Waals surface area contributed by atoms with Crippen LogP contribution in [0.25, 0.3) is 0 Å². The van der Waals surface area contributed by atoms with Gasteiger partial charge in [0.15, 0.2) is 0 Å². The maximum absolute atomic E-state index is 11.4. The molecular weight excluding hydrogens is 324 g/mol. The van der Waals surface area contributed by atoms with Crippen LogP contribution in [0.4, 0.5) is 0 Å². The van der Waals surface area contributed by atoms with E-state index >= 15 is 0 Å². The number of esters is 1. The molecule has 0 saturated carbocycles. The van der Waals surface area contributed by atoms with E-state index in [0.717, 1.165) is 38.5 Å². The molecule has 0 atom stereocenters. The van der Waals surface area contributed by atoms with Crippen molar-refractivity contribution in [2.45, 2.75) is 129 Å². The number of ether oxygens (including phenoxy) is 1. The van der Waals surface area contributed by atoms with Crippen molar-refractivity contribution in [3.8, 4) is 0 Å². The molecule has 0 rings (SSSR count). The third-order valence-corrected chi connectivity index (χ3v) is 5.09. The first-order valence-corrected chi connectivity index (χ1v) is 11.3. The van der Waals surface area contributed by atoms with E-state index in [1.165, 1.54) is 84.2 Å². The van der Waals surface area contributed by atoms with E-state index in [1.807, 2.05) is 0 Å². The molecule has 0 spiro atoms. The van der Waals surface area contributed by atoms with Crippen molar-refractivity contribution < 1.29 is 14.3 Å². The lowest BCUT2D eigenvalue weighted by Gasteiger charge is -2.04. The molecule has 0 aromatic rings. The van der Waals surface area contributed by atoms with Crippen LogP contribution in [0.1, 0.15) is 129 Å². The summed E-state index contributed by atoms with van der Waals surface area (Å²) in [5.74, 6) is 0.376. The van der Waals surface area contributed by atoms with Crippen LogP contribution in [0.5, 0.6) is 0 Å². The van der Waals surface area contributed by atoms with Gasteiger partial charge in [-0.15, -0.1) is 0 Å². The molecule has 0 amide bonds. The van der Waals surface area contributed by atoms with Crippen molar-refractivity contribution >= 4 is 11.8 Å². The minimum atomic E-state index is -0.0768.